The van der Waals surface area contributed by atoms with E-state index >= 15 is 0 Å². The topological polar surface area (TPSA) is 76.7 Å². The zero-order valence-electron chi connectivity index (χ0n) is 17.9. The predicted octanol–water partition coefficient (Wildman–Crippen LogP) is 5.65. The van der Waals surface area contributed by atoms with E-state index in [-0.39, 0.29) is 17.6 Å². The molecule has 3 rings (SSSR count). The lowest BCUT2D eigenvalue weighted by Gasteiger charge is -2.13. The van der Waals surface area contributed by atoms with Crippen LogP contribution < -0.4 is 20.1 Å². The average molecular weight is 471 g/mol. The summed E-state index contributed by atoms with van der Waals surface area (Å²) in [6, 6.07) is 18.0. The highest BCUT2D eigenvalue weighted by Crippen LogP contribution is 2.36. The molecule has 6 nitrogen and oxygen atoms in total. The molecule has 2 N–H and O–H groups in total. The van der Waals surface area contributed by atoms with E-state index in [2.05, 4.69) is 10.6 Å². The number of amides is 2. The number of methoxy groups -OCH3 is 2. The number of rotatable bonds is 8. The van der Waals surface area contributed by atoms with Crippen molar-refractivity contribution in [2.75, 3.05) is 30.6 Å². The van der Waals surface area contributed by atoms with Crippen molar-refractivity contribution < 1.29 is 19.1 Å². The predicted molar refractivity (Wildman–Crippen MR) is 129 cm³/mol. The maximum Gasteiger partial charge on any atom is 0.255 e. The minimum atomic E-state index is -0.219. The van der Waals surface area contributed by atoms with Gasteiger partial charge in [0.15, 0.2) is 0 Å². The summed E-state index contributed by atoms with van der Waals surface area (Å²) in [7, 11) is 3.01. The van der Waals surface area contributed by atoms with Gasteiger partial charge in [-0.05, 0) is 42.8 Å². The van der Waals surface area contributed by atoms with Gasteiger partial charge in [0.05, 0.1) is 30.7 Å². The zero-order chi connectivity index (χ0) is 23.1. The van der Waals surface area contributed by atoms with Gasteiger partial charge in [-0.3, -0.25) is 9.59 Å². The van der Waals surface area contributed by atoms with Gasteiger partial charge in [-0.1, -0.05) is 35.9 Å². The molecule has 3 aromatic carbocycles. The summed E-state index contributed by atoms with van der Waals surface area (Å²) in [5.74, 6) is 0.684. The fourth-order valence-electron chi connectivity index (χ4n) is 2.98. The van der Waals surface area contributed by atoms with Crippen LogP contribution in [0.3, 0.4) is 0 Å². The van der Waals surface area contributed by atoms with Crippen molar-refractivity contribution in [2.45, 2.75) is 11.8 Å². The molecule has 0 aliphatic rings. The summed E-state index contributed by atoms with van der Waals surface area (Å²) < 4.78 is 10.5. The Bertz CT molecular complexity index is 1140. The molecule has 0 fully saturated rings. The van der Waals surface area contributed by atoms with Gasteiger partial charge < -0.3 is 20.1 Å². The minimum Gasteiger partial charge on any atom is -0.495 e. The Morgan fingerprint density at radius 3 is 2.41 bits per heavy atom. The number of anilines is 2. The van der Waals surface area contributed by atoms with Crippen LogP contribution in [0.2, 0.25) is 5.02 Å². The number of ether oxygens (including phenoxy) is 2. The average Bonchev–Trinajstić information content (AvgIpc) is 2.78. The third kappa shape index (κ3) is 5.96. The number of hydrogen-bond donors (Lipinski definition) is 2. The van der Waals surface area contributed by atoms with E-state index < -0.39 is 0 Å². The standard InChI is InChI=1S/C24H23ClN2O4S/c1-15-7-4-5-10-18(15)24(29)26-16-8-6-9-17(11-16)32-14-23(28)27-20-12-19(25)21(30-2)13-22(20)31-3/h4-13H,14H2,1-3H3,(H,26,29)(H,27,28). The van der Waals surface area contributed by atoms with Crippen LogP contribution in [-0.2, 0) is 4.79 Å². The third-order valence-electron chi connectivity index (χ3n) is 4.60. The quantitative estimate of drug-likeness (QED) is 0.416. The van der Waals surface area contributed by atoms with E-state index in [9.17, 15) is 9.59 Å². The zero-order valence-corrected chi connectivity index (χ0v) is 19.5. The number of aryl methyl sites for hydroxylation is 1. The molecule has 0 bridgehead atoms. The maximum atomic E-state index is 12.5. The van der Waals surface area contributed by atoms with E-state index in [4.69, 9.17) is 21.1 Å². The van der Waals surface area contributed by atoms with Crippen LogP contribution in [0, 0.1) is 6.92 Å². The molecule has 2 amide bonds. The van der Waals surface area contributed by atoms with Gasteiger partial charge in [-0.2, -0.15) is 0 Å². The lowest BCUT2D eigenvalue weighted by molar-refractivity contribution is -0.113. The van der Waals surface area contributed by atoms with Gasteiger partial charge in [0, 0.05) is 22.2 Å². The number of benzene rings is 3. The van der Waals surface area contributed by atoms with E-state index in [0.29, 0.717) is 33.5 Å². The number of carbonyl (C=O) groups is 2. The maximum absolute atomic E-state index is 12.5. The van der Waals surface area contributed by atoms with Gasteiger partial charge in [0.1, 0.15) is 11.5 Å². The Morgan fingerprint density at radius 2 is 1.69 bits per heavy atom. The molecule has 0 saturated carbocycles. The monoisotopic (exact) mass is 470 g/mol. The molecule has 8 heteroatoms. The number of hydrogen-bond acceptors (Lipinski definition) is 5. The number of thioether (sulfide) groups is 1. The van der Waals surface area contributed by atoms with Crippen molar-refractivity contribution in [1.82, 2.24) is 0 Å². The summed E-state index contributed by atoms with van der Waals surface area (Å²) in [5.41, 5.74) is 2.65. The molecular formula is C24H23ClN2O4S. The fourth-order valence-corrected chi connectivity index (χ4v) is 3.98. The van der Waals surface area contributed by atoms with Gasteiger partial charge in [-0.25, -0.2) is 0 Å². The number of carbonyl (C=O) groups excluding carboxylic acids is 2. The molecule has 0 radical (unpaired) electrons. The van der Waals surface area contributed by atoms with Crippen molar-refractivity contribution in [1.29, 1.82) is 0 Å². The van der Waals surface area contributed by atoms with E-state index in [1.54, 1.807) is 18.2 Å². The molecule has 0 aliphatic carbocycles. The SMILES string of the molecule is COc1cc(OC)c(NC(=O)CSc2cccc(NC(=O)c3ccccc3C)c2)cc1Cl. The highest BCUT2D eigenvalue weighted by Gasteiger charge is 2.13. The Labute approximate surface area is 196 Å². The summed E-state index contributed by atoms with van der Waals surface area (Å²) >= 11 is 7.51. The first-order chi connectivity index (χ1) is 15.4. The molecule has 0 heterocycles. The van der Waals surface area contributed by atoms with Crippen LogP contribution in [0.15, 0.2) is 65.6 Å². The summed E-state index contributed by atoms with van der Waals surface area (Å²) in [5, 5.41) is 6.08. The van der Waals surface area contributed by atoms with Crippen LogP contribution in [0.1, 0.15) is 15.9 Å². The smallest absolute Gasteiger partial charge is 0.255 e. The van der Waals surface area contributed by atoms with Crippen molar-refractivity contribution in [3.63, 3.8) is 0 Å². The summed E-state index contributed by atoms with van der Waals surface area (Å²) in [6.45, 7) is 1.89. The van der Waals surface area contributed by atoms with Gasteiger partial charge in [0.25, 0.3) is 5.91 Å². The normalized spacial score (nSPS) is 10.4. The largest absolute Gasteiger partial charge is 0.495 e. The van der Waals surface area contributed by atoms with Gasteiger partial charge >= 0.3 is 0 Å². The van der Waals surface area contributed by atoms with E-state index in [0.717, 1.165) is 10.5 Å². The van der Waals surface area contributed by atoms with Crippen LogP contribution in [0.4, 0.5) is 11.4 Å². The van der Waals surface area contributed by atoms with Crippen molar-refractivity contribution in [2.24, 2.45) is 0 Å². The molecule has 0 atom stereocenters. The van der Waals surface area contributed by atoms with Gasteiger partial charge in [0.2, 0.25) is 5.91 Å². The first-order valence-electron chi connectivity index (χ1n) is 9.72. The van der Waals surface area contributed by atoms with E-state index in [1.807, 2.05) is 49.4 Å². The van der Waals surface area contributed by atoms with Crippen molar-refractivity contribution in [3.8, 4) is 11.5 Å². The van der Waals surface area contributed by atoms with Crippen LogP contribution >= 0.6 is 23.4 Å². The highest BCUT2D eigenvalue weighted by molar-refractivity contribution is 8.00. The van der Waals surface area contributed by atoms with Crippen LogP contribution in [0.5, 0.6) is 11.5 Å². The second-order valence-electron chi connectivity index (χ2n) is 6.82. The Hall–Kier alpha value is -3.16. The Balaban J connectivity index is 1.62. The van der Waals surface area contributed by atoms with Crippen LogP contribution in [-0.4, -0.2) is 31.8 Å². The van der Waals surface area contributed by atoms with Crippen molar-refractivity contribution in [3.05, 3.63) is 76.8 Å². The Kier molecular flexibility index (Phi) is 8.03. The van der Waals surface area contributed by atoms with Crippen molar-refractivity contribution >= 4 is 46.6 Å². The molecular weight excluding hydrogens is 448 g/mol. The van der Waals surface area contributed by atoms with Gasteiger partial charge in [-0.15, -0.1) is 11.8 Å². The molecule has 0 aliphatic heterocycles. The second-order valence-corrected chi connectivity index (χ2v) is 8.28. The lowest BCUT2D eigenvalue weighted by Crippen LogP contribution is -2.15. The molecule has 166 valence electrons. The number of halogens is 1. The number of nitrogens with one attached hydrogen (secondary N) is 2. The molecule has 32 heavy (non-hydrogen) atoms. The first-order valence-corrected chi connectivity index (χ1v) is 11.1. The highest BCUT2D eigenvalue weighted by atomic mass is 35.5. The molecule has 0 spiro atoms. The molecule has 0 unspecified atom stereocenters. The summed E-state index contributed by atoms with van der Waals surface area (Å²) in [4.78, 5) is 25.9. The minimum absolute atomic E-state index is 0.169. The fraction of sp³-hybridized carbons (Fsp3) is 0.167. The third-order valence-corrected chi connectivity index (χ3v) is 5.89. The Morgan fingerprint density at radius 1 is 0.938 bits per heavy atom. The lowest BCUT2D eigenvalue weighted by atomic mass is 10.1. The molecule has 0 aromatic heterocycles. The first kappa shape index (κ1) is 23.5. The van der Waals surface area contributed by atoms with E-state index in [1.165, 1.54) is 26.0 Å². The molecule has 3 aromatic rings. The molecule has 0 saturated heterocycles. The summed E-state index contributed by atoms with van der Waals surface area (Å²) in [6.07, 6.45) is 0. The van der Waals surface area contributed by atoms with Crippen LogP contribution in [0.25, 0.3) is 0 Å². The second kappa shape index (κ2) is 10.9.